The number of benzene rings is 2. The second-order valence-electron chi connectivity index (χ2n) is 7.70. The maximum Gasteiger partial charge on any atom is 0.270 e. The second kappa shape index (κ2) is 8.10. The van der Waals surface area contributed by atoms with Gasteiger partial charge in [-0.1, -0.05) is 48.0 Å². The molecule has 2 aromatic carbocycles. The number of nitrogens with zero attached hydrogens (tertiary/aromatic N) is 3. The predicted molar refractivity (Wildman–Crippen MR) is 115 cm³/mol. The highest BCUT2D eigenvalue weighted by atomic mass is 16.5. The standard InChI is InChI=1S/C24H25N3O2/c1-17-6-5-7-18(14-17)16-29-19-10-12-27(13-11-19)23-20-8-3-4-9-22(20)26(2)24(28)21(23)15-25/h3-9,14,19H,10-13,16H2,1-2H3. The summed E-state index contributed by atoms with van der Waals surface area (Å²) in [6.45, 7) is 4.24. The lowest BCUT2D eigenvalue weighted by Crippen LogP contribution is -2.39. The van der Waals surface area contributed by atoms with Gasteiger partial charge in [-0.2, -0.15) is 5.26 Å². The van der Waals surface area contributed by atoms with Gasteiger partial charge in [0, 0.05) is 25.5 Å². The van der Waals surface area contributed by atoms with E-state index in [0.717, 1.165) is 42.5 Å². The zero-order valence-corrected chi connectivity index (χ0v) is 16.9. The van der Waals surface area contributed by atoms with E-state index in [2.05, 4.69) is 42.2 Å². The van der Waals surface area contributed by atoms with Crippen LogP contribution in [0.25, 0.3) is 10.9 Å². The van der Waals surface area contributed by atoms with E-state index in [1.807, 2.05) is 24.3 Å². The molecule has 2 heterocycles. The van der Waals surface area contributed by atoms with Gasteiger partial charge in [0.15, 0.2) is 0 Å². The third-order valence-electron chi connectivity index (χ3n) is 5.71. The molecule has 0 unspecified atom stereocenters. The van der Waals surface area contributed by atoms with E-state index < -0.39 is 0 Å². The highest BCUT2D eigenvalue weighted by Gasteiger charge is 2.25. The molecule has 0 atom stereocenters. The van der Waals surface area contributed by atoms with E-state index in [1.54, 1.807) is 11.6 Å². The number of nitriles is 1. The van der Waals surface area contributed by atoms with Crippen molar-refractivity contribution in [3.05, 3.63) is 75.6 Å². The Kier molecular flexibility index (Phi) is 5.37. The van der Waals surface area contributed by atoms with Crippen molar-refractivity contribution in [1.82, 2.24) is 4.57 Å². The van der Waals surface area contributed by atoms with Crippen molar-refractivity contribution < 1.29 is 4.74 Å². The maximum absolute atomic E-state index is 12.7. The van der Waals surface area contributed by atoms with Crippen LogP contribution >= 0.6 is 0 Å². The van der Waals surface area contributed by atoms with E-state index in [1.165, 1.54) is 11.1 Å². The predicted octanol–water partition coefficient (Wildman–Crippen LogP) is 3.90. The molecule has 148 valence electrons. The molecule has 1 aromatic heterocycles. The van der Waals surface area contributed by atoms with Crippen LogP contribution in [0.4, 0.5) is 5.69 Å². The number of aryl methyl sites for hydroxylation is 2. The Morgan fingerprint density at radius 2 is 1.90 bits per heavy atom. The van der Waals surface area contributed by atoms with Crippen LogP contribution < -0.4 is 10.5 Å². The summed E-state index contributed by atoms with van der Waals surface area (Å²) in [5.41, 5.74) is 4.04. The van der Waals surface area contributed by atoms with Gasteiger partial charge in [-0.05, 0) is 31.4 Å². The van der Waals surface area contributed by atoms with Crippen molar-refractivity contribution in [1.29, 1.82) is 5.26 Å². The van der Waals surface area contributed by atoms with E-state index in [9.17, 15) is 10.1 Å². The summed E-state index contributed by atoms with van der Waals surface area (Å²) in [7, 11) is 1.72. The van der Waals surface area contributed by atoms with Crippen molar-refractivity contribution in [2.24, 2.45) is 7.05 Å². The van der Waals surface area contributed by atoms with Crippen LogP contribution in [0.2, 0.25) is 0 Å². The highest BCUT2D eigenvalue weighted by Crippen LogP contribution is 2.31. The van der Waals surface area contributed by atoms with Gasteiger partial charge < -0.3 is 14.2 Å². The van der Waals surface area contributed by atoms with Crippen molar-refractivity contribution in [2.45, 2.75) is 32.5 Å². The maximum atomic E-state index is 12.7. The fourth-order valence-electron chi connectivity index (χ4n) is 4.17. The summed E-state index contributed by atoms with van der Waals surface area (Å²) >= 11 is 0. The molecule has 0 spiro atoms. The lowest BCUT2D eigenvalue weighted by Gasteiger charge is -2.34. The molecule has 1 aliphatic rings. The number of aromatic nitrogens is 1. The molecule has 3 aromatic rings. The molecule has 0 bridgehead atoms. The minimum absolute atomic E-state index is 0.190. The summed E-state index contributed by atoms with van der Waals surface area (Å²) in [4.78, 5) is 14.9. The van der Waals surface area contributed by atoms with E-state index >= 15 is 0 Å². The number of pyridine rings is 1. The van der Waals surface area contributed by atoms with Crippen LogP contribution in [-0.2, 0) is 18.4 Å². The molecule has 0 aliphatic carbocycles. The second-order valence-corrected chi connectivity index (χ2v) is 7.70. The Morgan fingerprint density at radius 3 is 2.62 bits per heavy atom. The average molecular weight is 387 g/mol. The molecular weight excluding hydrogens is 362 g/mol. The third kappa shape index (κ3) is 3.76. The van der Waals surface area contributed by atoms with Crippen LogP contribution in [0.15, 0.2) is 53.3 Å². The molecule has 5 nitrogen and oxygen atoms in total. The minimum Gasteiger partial charge on any atom is -0.373 e. The zero-order valence-electron chi connectivity index (χ0n) is 16.9. The normalized spacial score (nSPS) is 14.9. The lowest BCUT2D eigenvalue weighted by molar-refractivity contribution is 0.0251. The first kappa shape index (κ1) is 19.2. The fraction of sp³-hybridized carbons (Fsp3) is 0.333. The van der Waals surface area contributed by atoms with Crippen molar-refractivity contribution in [3.8, 4) is 6.07 Å². The largest absolute Gasteiger partial charge is 0.373 e. The van der Waals surface area contributed by atoms with Gasteiger partial charge in [-0.25, -0.2) is 0 Å². The molecular formula is C24H25N3O2. The summed E-state index contributed by atoms with van der Waals surface area (Å²) in [5, 5.41) is 10.6. The number of hydrogen-bond donors (Lipinski definition) is 0. The number of piperidine rings is 1. The molecule has 0 saturated carbocycles. The topological polar surface area (TPSA) is 58.3 Å². The summed E-state index contributed by atoms with van der Waals surface area (Å²) in [5.74, 6) is 0. The molecule has 4 rings (SSSR count). The van der Waals surface area contributed by atoms with Gasteiger partial charge in [0.05, 0.1) is 23.9 Å². The van der Waals surface area contributed by atoms with Gasteiger partial charge in [-0.3, -0.25) is 4.79 Å². The Morgan fingerprint density at radius 1 is 1.14 bits per heavy atom. The number of ether oxygens (including phenoxy) is 1. The third-order valence-corrected chi connectivity index (χ3v) is 5.71. The molecule has 29 heavy (non-hydrogen) atoms. The number of para-hydroxylation sites is 1. The summed E-state index contributed by atoms with van der Waals surface area (Å²) in [6.07, 6.45) is 1.94. The van der Waals surface area contributed by atoms with Crippen molar-refractivity contribution in [2.75, 3.05) is 18.0 Å². The van der Waals surface area contributed by atoms with Crippen molar-refractivity contribution in [3.63, 3.8) is 0 Å². The number of rotatable bonds is 4. The SMILES string of the molecule is Cc1cccc(COC2CCN(c3c(C#N)c(=O)n(C)c4ccccc34)CC2)c1. The number of fused-ring (bicyclic) bond motifs is 1. The zero-order chi connectivity index (χ0) is 20.4. The molecule has 0 amide bonds. The average Bonchev–Trinajstić information content (AvgIpc) is 2.75. The van der Waals surface area contributed by atoms with Crippen LogP contribution in [-0.4, -0.2) is 23.8 Å². The van der Waals surface area contributed by atoms with Gasteiger partial charge in [0.2, 0.25) is 0 Å². The molecule has 1 fully saturated rings. The van der Waals surface area contributed by atoms with E-state index in [4.69, 9.17) is 4.74 Å². The van der Waals surface area contributed by atoms with Gasteiger partial charge in [0.25, 0.3) is 5.56 Å². The molecule has 1 aliphatic heterocycles. The monoisotopic (exact) mass is 387 g/mol. The van der Waals surface area contributed by atoms with Gasteiger partial charge in [0.1, 0.15) is 11.6 Å². The van der Waals surface area contributed by atoms with E-state index in [-0.39, 0.29) is 17.2 Å². The minimum atomic E-state index is -0.237. The van der Waals surface area contributed by atoms with Crippen LogP contribution in [0.5, 0.6) is 0 Å². The smallest absolute Gasteiger partial charge is 0.270 e. The molecule has 0 radical (unpaired) electrons. The van der Waals surface area contributed by atoms with Crippen LogP contribution in [0.1, 0.15) is 29.5 Å². The first-order valence-corrected chi connectivity index (χ1v) is 10.0. The molecule has 1 saturated heterocycles. The first-order chi connectivity index (χ1) is 14.1. The number of hydrogen-bond acceptors (Lipinski definition) is 4. The molecule has 0 N–H and O–H groups in total. The Bertz CT molecular complexity index is 1140. The van der Waals surface area contributed by atoms with Crippen LogP contribution in [0.3, 0.4) is 0 Å². The van der Waals surface area contributed by atoms with Crippen LogP contribution in [0, 0.1) is 18.3 Å². The summed E-state index contributed by atoms with van der Waals surface area (Å²) < 4.78 is 7.70. The Labute approximate surface area is 170 Å². The Balaban J connectivity index is 1.53. The Hall–Kier alpha value is -3.10. The summed E-state index contributed by atoms with van der Waals surface area (Å²) in [6, 6.07) is 18.3. The fourth-order valence-corrected chi connectivity index (χ4v) is 4.17. The van der Waals surface area contributed by atoms with Gasteiger partial charge >= 0.3 is 0 Å². The van der Waals surface area contributed by atoms with Crippen molar-refractivity contribution >= 4 is 16.6 Å². The number of anilines is 1. The lowest BCUT2D eigenvalue weighted by atomic mass is 10.0. The van der Waals surface area contributed by atoms with Gasteiger partial charge in [-0.15, -0.1) is 0 Å². The van der Waals surface area contributed by atoms with E-state index in [0.29, 0.717) is 6.61 Å². The molecule has 5 heteroatoms. The first-order valence-electron chi connectivity index (χ1n) is 10.0. The highest BCUT2D eigenvalue weighted by molar-refractivity contribution is 5.94. The quantitative estimate of drug-likeness (QED) is 0.681.